The Morgan fingerprint density at radius 1 is 1.67 bits per heavy atom. The van der Waals surface area contributed by atoms with Crippen molar-refractivity contribution in [2.75, 3.05) is 6.61 Å². The summed E-state index contributed by atoms with van der Waals surface area (Å²) in [6.45, 7) is 5.48. The van der Waals surface area contributed by atoms with Crippen molar-refractivity contribution in [1.82, 2.24) is 0 Å². The lowest BCUT2D eigenvalue weighted by atomic mass is 9.86. The second kappa shape index (κ2) is 2.33. The van der Waals surface area contributed by atoms with E-state index in [1.54, 1.807) is 0 Å². The number of ether oxygens (including phenoxy) is 1. The van der Waals surface area contributed by atoms with Gasteiger partial charge in [-0.25, -0.2) is 0 Å². The second-order valence-electron chi connectivity index (χ2n) is 3.71. The molecule has 0 aliphatic carbocycles. The number of hydrogen-bond donors (Lipinski definition) is 0. The van der Waals surface area contributed by atoms with E-state index in [-0.39, 0.29) is 0 Å². The minimum Gasteiger partial charge on any atom is -0.378 e. The van der Waals surface area contributed by atoms with Crippen LogP contribution in [0.15, 0.2) is 0 Å². The van der Waals surface area contributed by atoms with Gasteiger partial charge in [-0.15, -0.1) is 0 Å². The number of hydrogen-bond acceptors (Lipinski definition) is 1. The standard InChI is InChI=1S/C7H15BO/c1-7(2)3-6(4-8)9-5-7/h6H,3-5,8H2,1-2H3/t6-/m1/s1. The lowest BCUT2D eigenvalue weighted by Crippen LogP contribution is -2.10. The summed E-state index contributed by atoms with van der Waals surface area (Å²) in [5.41, 5.74) is 0.445. The first-order chi connectivity index (χ1) is 4.14. The van der Waals surface area contributed by atoms with Crippen LogP contribution in [0, 0.1) is 5.41 Å². The van der Waals surface area contributed by atoms with Gasteiger partial charge in [0.1, 0.15) is 7.85 Å². The maximum absolute atomic E-state index is 5.52. The predicted octanol–water partition coefficient (Wildman–Crippen LogP) is 0.853. The van der Waals surface area contributed by atoms with Gasteiger partial charge in [0.25, 0.3) is 0 Å². The molecule has 0 aromatic rings. The first kappa shape index (κ1) is 7.14. The Bertz CT molecular complexity index is 101. The maximum Gasteiger partial charge on any atom is 0.104 e. The topological polar surface area (TPSA) is 9.23 Å². The molecule has 0 unspecified atom stereocenters. The zero-order chi connectivity index (χ0) is 6.91. The van der Waals surface area contributed by atoms with E-state index in [1.807, 2.05) is 0 Å². The minimum absolute atomic E-state index is 0.445. The molecule has 0 saturated carbocycles. The van der Waals surface area contributed by atoms with Gasteiger partial charge in [-0.05, 0) is 11.8 Å². The fourth-order valence-corrected chi connectivity index (χ4v) is 1.34. The predicted molar refractivity (Wildman–Crippen MR) is 41.5 cm³/mol. The van der Waals surface area contributed by atoms with Gasteiger partial charge in [0.2, 0.25) is 0 Å². The summed E-state index contributed by atoms with van der Waals surface area (Å²) in [7, 11) is 2.19. The molecule has 1 nitrogen and oxygen atoms in total. The summed E-state index contributed by atoms with van der Waals surface area (Å²) >= 11 is 0. The third-order valence-corrected chi connectivity index (χ3v) is 1.95. The zero-order valence-electron chi connectivity index (χ0n) is 6.61. The van der Waals surface area contributed by atoms with E-state index in [1.165, 1.54) is 12.7 Å². The summed E-state index contributed by atoms with van der Waals surface area (Å²) in [5.74, 6) is 0. The second-order valence-corrected chi connectivity index (χ2v) is 3.71. The van der Waals surface area contributed by atoms with E-state index in [0.717, 1.165) is 6.61 Å². The van der Waals surface area contributed by atoms with Crippen LogP contribution in [-0.4, -0.2) is 20.6 Å². The Labute approximate surface area is 58.2 Å². The van der Waals surface area contributed by atoms with E-state index in [9.17, 15) is 0 Å². The summed E-state index contributed by atoms with van der Waals surface area (Å²) < 4.78 is 5.52. The van der Waals surface area contributed by atoms with Crippen LogP contribution < -0.4 is 0 Å². The highest BCUT2D eigenvalue weighted by Crippen LogP contribution is 2.32. The summed E-state index contributed by atoms with van der Waals surface area (Å²) in [6, 6.07) is 0. The Morgan fingerprint density at radius 3 is 2.56 bits per heavy atom. The van der Waals surface area contributed by atoms with Crippen LogP contribution >= 0.6 is 0 Å². The lowest BCUT2D eigenvalue weighted by Gasteiger charge is -2.12. The van der Waals surface area contributed by atoms with Crippen LogP contribution in [0.5, 0.6) is 0 Å². The van der Waals surface area contributed by atoms with Crippen molar-refractivity contribution >= 4 is 7.85 Å². The van der Waals surface area contributed by atoms with Crippen molar-refractivity contribution < 1.29 is 4.74 Å². The van der Waals surface area contributed by atoms with Gasteiger partial charge in [-0.2, -0.15) is 0 Å². The van der Waals surface area contributed by atoms with E-state index in [4.69, 9.17) is 4.74 Å². The van der Waals surface area contributed by atoms with Crippen molar-refractivity contribution in [2.24, 2.45) is 5.41 Å². The Kier molecular flexibility index (Phi) is 1.85. The molecule has 0 radical (unpaired) electrons. The van der Waals surface area contributed by atoms with Crippen molar-refractivity contribution in [1.29, 1.82) is 0 Å². The van der Waals surface area contributed by atoms with Crippen LogP contribution in [0.1, 0.15) is 20.3 Å². The summed E-state index contributed by atoms with van der Waals surface area (Å²) in [4.78, 5) is 0. The van der Waals surface area contributed by atoms with Crippen molar-refractivity contribution in [3.8, 4) is 0 Å². The molecule has 52 valence electrons. The molecule has 1 heterocycles. The smallest absolute Gasteiger partial charge is 0.104 e. The van der Waals surface area contributed by atoms with Gasteiger partial charge in [-0.3, -0.25) is 0 Å². The van der Waals surface area contributed by atoms with Crippen LogP contribution in [0.2, 0.25) is 6.32 Å². The zero-order valence-corrected chi connectivity index (χ0v) is 6.61. The molecule has 0 aromatic heterocycles. The first-order valence-corrected chi connectivity index (χ1v) is 3.76. The molecule has 1 rings (SSSR count). The van der Waals surface area contributed by atoms with Gasteiger partial charge >= 0.3 is 0 Å². The molecule has 2 heteroatoms. The first-order valence-electron chi connectivity index (χ1n) is 3.76. The molecular formula is C7H15BO. The van der Waals surface area contributed by atoms with Crippen molar-refractivity contribution in [3.05, 3.63) is 0 Å². The fourth-order valence-electron chi connectivity index (χ4n) is 1.34. The van der Waals surface area contributed by atoms with Crippen molar-refractivity contribution in [2.45, 2.75) is 32.7 Å². The van der Waals surface area contributed by atoms with Gasteiger partial charge < -0.3 is 4.74 Å². The Morgan fingerprint density at radius 2 is 2.33 bits per heavy atom. The largest absolute Gasteiger partial charge is 0.378 e. The van der Waals surface area contributed by atoms with Crippen LogP contribution in [0.3, 0.4) is 0 Å². The number of rotatable bonds is 1. The monoisotopic (exact) mass is 126 g/mol. The van der Waals surface area contributed by atoms with Crippen molar-refractivity contribution in [3.63, 3.8) is 0 Å². The lowest BCUT2D eigenvalue weighted by molar-refractivity contribution is 0.112. The Hall–Kier alpha value is 0.0249. The SMILES string of the molecule is BC[C@H]1CC(C)(C)CO1. The third-order valence-electron chi connectivity index (χ3n) is 1.95. The fraction of sp³-hybridized carbons (Fsp3) is 1.00. The summed E-state index contributed by atoms with van der Waals surface area (Å²) in [5, 5.41) is 0. The van der Waals surface area contributed by atoms with Gasteiger partial charge in [0.15, 0.2) is 0 Å². The minimum atomic E-state index is 0.445. The molecule has 1 saturated heterocycles. The van der Waals surface area contributed by atoms with Gasteiger partial charge in [0, 0.05) is 0 Å². The van der Waals surface area contributed by atoms with Crippen LogP contribution in [0.25, 0.3) is 0 Å². The quantitative estimate of drug-likeness (QED) is 0.473. The molecule has 9 heavy (non-hydrogen) atoms. The maximum atomic E-state index is 5.52. The average molecular weight is 126 g/mol. The van der Waals surface area contributed by atoms with E-state index < -0.39 is 0 Å². The molecule has 1 atom stereocenters. The van der Waals surface area contributed by atoms with E-state index >= 15 is 0 Å². The molecule has 0 amide bonds. The summed E-state index contributed by atoms with van der Waals surface area (Å²) in [6.07, 6.45) is 2.95. The molecule has 1 aliphatic rings. The van der Waals surface area contributed by atoms with Crippen LogP contribution in [-0.2, 0) is 4.74 Å². The van der Waals surface area contributed by atoms with E-state index in [2.05, 4.69) is 21.7 Å². The average Bonchev–Trinajstić information content (AvgIpc) is 2.10. The highest BCUT2D eigenvalue weighted by molar-refractivity contribution is 6.08. The molecule has 0 aromatic carbocycles. The molecule has 1 aliphatic heterocycles. The van der Waals surface area contributed by atoms with Gasteiger partial charge in [0.05, 0.1) is 12.7 Å². The molecular weight excluding hydrogens is 111 g/mol. The highest BCUT2D eigenvalue weighted by Gasteiger charge is 2.30. The molecule has 0 spiro atoms. The van der Waals surface area contributed by atoms with Gasteiger partial charge in [-0.1, -0.05) is 20.2 Å². The molecule has 0 N–H and O–H groups in total. The Balaban J connectivity index is 2.38. The molecule has 0 bridgehead atoms. The third kappa shape index (κ3) is 1.72. The van der Waals surface area contributed by atoms with Crippen LogP contribution in [0.4, 0.5) is 0 Å². The van der Waals surface area contributed by atoms with E-state index in [0.29, 0.717) is 11.5 Å². The highest BCUT2D eigenvalue weighted by atomic mass is 16.5. The normalized spacial score (nSPS) is 32.9. The molecule has 1 fully saturated rings.